The molecule has 8 heteroatoms. The van der Waals surface area contributed by atoms with Crippen LogP contribution in [0, 0.1) is 6.92 Å². The molecule has 1 rings (SSSR count). The van der Waals surface area contributed by atoms with E-state index in [-0.39, 0.29) is 9.77 Å². The van der Waals surface area contributed by atoms with Gasteiger partial charge in [-0.05, 0) is 26.6 Å². The summed E-state index contributed by atoms with van der Waals surface area (Å²) < 4.78 is 26.6. The van der Waals surface area contributed by atoms with Gasteiger partial charge in [0.25, 0.3) is 0 Å². The van der Waals surface area contributed by atoms with Crippen molar-refractivity contribution in [1.82, 2.24) is 9.62 Å². The maximum absolute atomic E-state index is 12.0. The Morgan fingerprint density at radius 3 is 2.63 bits per heavy atom. The number of aryl methyl sites for hydroxylation is 1. The number of aromatic carboxylic acids is 1. The van der Waals surface area contributed by atoms with Gasteiger partial charge < -0.3 is 10.0 Å². The van der Waals surface area contributed by atoms with Crippen LogP contribution >= 0.6 is 11.3 Å². The molecule has 0 fully saturated rings. The Morgan fingerprint density at radius 1 is 1.53 bits per heavy atom. The van der Waals surface area contributed by atoms with E-state index in [0.717, 1.165) is 17.9 Å². The lowest BCUT2D eigenvalue weighted by Crippen LogP contribution is -2.33. The molecule has 0 amide bonds. The highest BCUT2D eigenvalue weighted by molar-refractivity contribution is 7.89. The first kappa shape index (κ1) is 16.1. The van der Waals surface area contributed by atoms with Gasteiger partial charge in [0.15, 0.2) is 0 Å². The SMILES string of the molecule is CCN(C)CCNS(=O)(=O)c1cc(C(=O)O)sc1C. The van der Waals surface area contributed by atoms with Gasteiger partial charge in [-0.3, -0.25) is 0 Å². The molecule has 0 bridgehead atoms. The summed E-state index contributed by atoms with van der Waals surface area (Å²) >= 11 is 0.964. The van der Waals surface area contributed by atoms with E-state index in [4.69, 9.17) is 5.11 Å². The highest BCUT2D eigenvalue weighted by atomic mass is 32.2. The summed E-state index contributed by atoms with van der Waals surface area (Å²) in [4.78, 5) is 13.4. The molecule has 1 aromatic heterocycles. The molecular weight excluding hydrogens is 288 g/mol. The van der Waals surface area contributed by atoms with Crippen LogP contribution in [0.2, 0.25) is 0 Å². The normalized spacial score (nSPS) is 12.0. The summed E-state index contributed by atoms with van der Waals surface area (Å²) in [6.07, 6.45) is 0. The minimum absolute atomic E-state index is 0.0311. The first-order valence-electron chi connectivity index (χ1n) is 5.80. The molecule has 0 unspecified atom stereocenters. The average Bonchev–Trinajstić information content (AvgIpc) is 2.71. The highest BCUT2D eigenvalue weighted by Gasteiger charge is 2.21. The Balaban J connectivity index is 2.80. The van der Waals surface area contributed by atoms with Crippen LogP contribution in [0.5, 0.6) is 0 Å². The monoisotopic (exact) mass is 306 g/mol. The molecule has 0 radical (unpaired) electrons. The standard InChI is InChI=1S/C11H18N2O4S2/c1-4-13(3)6-5-12-19(16,17)10-7-9(11(14)15)18-8(10)2/h7,12H,4-6H2,1-3H3,(H,14,15). The molecule has 0 atom stereocenters. The molecule has 0 aromatic carbocycles. The van der Waals surface area contributed by atoms with E-state index in [9.17, 15) is 13.2 Å². The van der Waals surface area contributed by atoms with Crippen LogP contribution in [0.4, 0.5) is 0 Å². The number of carboxylic acid groups (broad SMARTS) is 1. The Kier molecular flexibility index (Phi) is 5.48. The van der Waals surface area contributed by atoms with Crippen molar-refractivity contribution in [3.8, 4) is 0 Å². The fourth-order valence-electron chi connectivity index (χ4n) is 1.44. The van der Waals surface area contributed by atoms with Gasteiger partial charge in [0.05, 0.1) is 4.90 Å². The molecule has 0 aliphatic rings. The maximum Gasteiger partial charge on any atom is 0.345 e. The Labute approximate surface area is 117 Å². The van der Waals surface area contributed by atoms with Gasteiger partial charge in [-0.1, -0.05) is 6.92 Å². The fourth-order valence-corrected chi connectivity index (χ4v) is 3.89. The van der Waals surface area contributed by atoms with Crippen molar-refractivity contribution < 1.29 is 18.3 Å². The summed E-state index contributed by atoms with van der Waals surface area (Å²) in [6, 6.07) is 1.20. The number of carbonyl (C=O) groups is 1. The summed E-state index contributed by atoms with van der Waals surface area (Å²) in [7, 11) is -1.74. The number of likely N-dealkylation sites (N-methyl/N-ethyl adjacent to an activating group) is 1. The second-order valence-electron chi connectivity index (χ2n) is 4.13. The van der Waals surface area contributed by atoms with Crippen molar-refractivity contribution in [3.63, 3.8) is 0 Å². The first-order chi connectivity index (χ1) is 8.77. The molecule has 2 N–H and O–H groups in total. The number of nitrogens with one attached hydrogen (secondary N) is 1. The lowest BCUT2D eigenvalue weighted by Gasteiger charge is -2.14. The minimum Gasteiger partial charge on any atom is -0.477 e. The summed E-state index contributed by atoms with van der Waals surface area (Å²) in [5, 5.41) is 8.86. The first-order valence-corrected chi connectivity index (χ1v) is 8.09. The maximum atomic E-state index is 12.0. The molecule has 0 saturated heterocycles. The fraction of sp³-hybridized carbons (Fsp3) is 0.545. The number of carboxylic acids is 1. The zero-order chi connectivity index (χ0) is 14.6. The van der Waals surface area contributed by atoms with Crippen molar-refractivity contribution in [1.29, 1.82) is 0 Å². The van der Waals surface area contributed by atoms with Crippen LogP contribution in [0.1, 0.15) is 21.5 Å². The topological polar surface area (TPSA) is 86.7 Å². The number of nitrogens with zero attached hydrogens (tertiary/aromatic N) is 1. The quantitative estimate of drug-likeness (QED) is 0.784. The van der Waals surface area contributed by atoms with Gasteiger partial charge in [0.1, 0.15) is 4.88 Å². The van der Waals surface area contributed by atoms with Gasteiger partial charge in [-0.15, -0.1) is 11.3 Å². The van der Waals surface area contributed by atoms with Crippen LogP contribution in [-0.4, -0.2) is 51.1 Å². The molecule has 1 aromatic rings. The number of thiophene rings is 1. The second-order valence-corrected chi connectivity index (χ2v) is 7.12. The molecular formula is C11H18N2O4S2. The van der Waals surface area contributed by atoms with E-state index in [1.54, 1.807) is 6.92 Å². The molecule has 0 aliphatic carbocycles. The number of hydrogen-bond acceptors (Lipinski definition) is 5. The smallest absolute Gasteiger partial charge is 0.345 e. The highest BCUT2D eigenvalue weighted by Crippen LogP contribution is 2.25. The van der Waals surface area contributed by atoms with E-state index in [0.29, 0.717) is 18.0 Å². The number of sulfonamides is 1. The van der Waals surface area contributed by atoms with Crippen LogP contribution in [0.25, 0.3) is 0 Å². The van der Waals surface area contributed by atoms with E-state index in [1.807, 2.05) is 18.9 Å². The van der Waals surface area contributed by atoms with Crippen molar-refractivity contribution in [2.24, 2.45) is 0 Å². The molecule has 6 nitrogen and oxygen atoms in total. The second kappa shape index (κ2) is 6.47. The summed E-state index contributed by atoms with van der Waals surface area (Å²) in [6.45, 7) is 5.32. The third kappa shape index (κ3) is 4.27. The number of hydrogen-bond donors (Lipinski definition) is 2. The van der Waals surface area contributed by atoms with Gasteiger partial charge in [-0.2, -0.15) is 0 Å². The zero-order valence-corrected chi connectivity index (χ0v) is 12.8. The predicted molar refractivity (Wildman–Crippen MR) is 74.4 cm³/mol. The van der Waals surface area contributed by atoms with Crippen LogP contribution in [0.3, 0.4) is 0 Å². The van der Waals surface area contributed by atoms with Gasteiger partial charge in [0.2, 0.25) is 10.0 Å². The lowest BCUT2D eigenvalue weighted by atomic mass is 10.4. The van der Waals surface area contributed by atoms with Gasteiger partial charge in [-0.25, -0.2) is 17.9 Å². The van der Waals surface area contributed by atoms with Crippen molar-refractivity contribution in [2.45, 2.75) is 18.7 Å². The Hall–Kier alpha value is -0.960. The minimum atomic E-state index is -3.64. The van der Waals surface area contributed by atoms with E-state index in [2.05, 4.69) is 4.72 Å². The van der Waals surface area contributed by atoms with Crippen LogP contribution < -0.4 is 4.72 Å². The Bertz CT molecular complexity index is 551. The third-order valence-corrected chi connectivity index (χ3v) is 5.45. The molecule has 0 saturated carbocycles. The van der Waals surface area contributed by atoms with Crippen molar-refractivity contribution >= 4 is 27.3 Å². The molecule has 1 heterocycles. The largest absolute Gasteiger partial charge is 0.477 e. The number of rotatable bonds is 7. The average molecular weight is 306 g/mol. The van der Waals surface area contributed by atoms with E-state index in [1.165, 1.54) is 6.07 Å². The molecule has 0 spiro atoms. The lowest BCUT2D eigenvalue weighted by molar-refractivity contribution is 0.0702. The summed E-state index contributed by atoms with van der Waals surface area (Å²) in [5.41, 5.74) is 0. The molecule has 108 valence electrons. The van der Waals surface area contributed by atoms with Crippen molar-refractivity contribution in [3.05, 3.63) is 15.8 Å². The van der Waals surface area contributed by atoms with E-state index < -0.39 is 16.0 Å². The third-order valence-electron chi connectivity index (χ3n) is 2.70. The summed E-state index contributed by atoms with van der Waals surface area (Å²) in [5.74, 6) is -1.11. The Morgan fingerprint density at radius 2 is 2.16 bits per heavy atom. The van der Waals surface area contributed by atoms with Gasteiger partial charge in [0, 0.05) is 18.0 Å². The molecule has 19 heavy (non-hydrogen) atoms. The van der Waals surface area contributed by atoms with E-state index >= 15 is 0 Å². The van der Waals surface area contributed by atoms with Crippen LogP contribution in [-0.2, 0) is 10.0 Å². The zero-order valence-electron chi connectivity index (χ0n) is 11.1. The predicted octanol–water partition coefficient (Wildman–Crippen LogP) is 0.985. The van der Waals surface area contributed by atoms with Crippen LogP contribution in [0.15, 0.2) is 11.0 Å². The molecule has 0 aliphatic heterocycles. The van der Waals surface area contributed by atoms with Crippen molar-refractivity contribution in [2.75, 3.05) is 26.7 Å². The van der Waals surface area contributed by atoms with Gasteiger partial charge >= 0.3 is 5.97 Å².